The fraction of sp³-hybridized carbons (Fsp3) is 0.200. The first kappa shape index (κ1) is 18.1. The van der Waals surface area contributed by atoms with Crippen LogP contribution in [0.5, 0.6) is 5.75 Å². The van der Waals surface area contributed by atoms with Gasteiger partial charge in [-0.1, -0.05) is 53.5 Å². The van der Waals surface area contributed by atoms with E-state index in [4.69, 9.17) is 28.9 Å². The van der Waals surface area contributed by atoms with Crippen LogP contribution in [0.2, 0.25) is 10.0 Å². The molecule has 3 nitrogen and oxygen atoms in total. The Morgan fingerprint density at radius 3 is 2.29 bits per heavy atom. The lowest BCUT2D eigenvalue weighted by Gasteiger charge is -2.21. The first-order chi connectivity index (χ1) is 9.49. The van der Waals surface area contributed by atoms with E-state index in [2.05, 4.69) is 0 Å². The van der Waals surface area contributed by atoms with E-state index >= 15 is 0 Å². The minimum Gasteiger partial charge on any atom is -0.507 e. The predicted octanol–water partition coefficient (Wildman–Crippen LogP) is 3.72. The number of phenolic OH excluding ortho intramolecular Hbond substituents is 1. The van der Waals surface area contributed by atoms with Crippen molar-refractivity contribution in [3.63, 3.8) is 0 Å². The molecule has 0 aromatic heterocycles. The average Bonchev–Trinajstić information content (AvgIpc) is 2.38. The lowest BCUT2D eigenvalue weighted by molar-refractivity contribution is 0.144. The Balaban J connectivity index is 0.00000220. The lowest BCUT2D eigenvalue weighted by Crippen LogP contribution is -2.28. The Morgan fingerprint density at radius 1 is 1.10 bits per heavy atom. The van der Waals surface area contributed by atoms with Crippen molar-refractivity contribution in [2.75, 3.05) is 0 Å². The van der Waals surface area contributed by atoms with Crippen molar-refractivity contribution in [3.05, 3.63) is 63.6 Å². The highest BCUT2D eigenvalue weighted by atomic mass is 35.5. The molecule has 0 spiro atoms. The number of halogens is 3. The van der Waals surface area contributed by atoms with Crippen LogP contribution in [-0.2, 0) is 6.42 Å². The van der Waals surface area contributed by atoms with Gasteiger partial charge >= 0.3 is 0 Å². The van der Waals surface area contributed by atoms with Gasteiger partial charge in [0.15, 0.2) is 0 Å². The molecule has 0 bridgehead atoms. The summed E-state index contributed by atoms with van der Waals surface area (Å²) < 4.78 is 0. The van der Waals surface area contributed by atoms with E-state index in [-0.39, 0.29) is 23.2 Å². The standard InChI is InChI=1S/C15H15Cl2NO2.ClH/c16-10-7-11(17)14(12(19)8-10)15(18)13(20)6-9-4-2-1-3-5-9;/h1-5,7-8,13,15,19-20H,6,18H2;1H/t13-,15-;/m1./s1. The van der Waals surface area contributed by atoms with Crippen LogP contribution in [0.4, 0.5) is 0 Å². The first-order valence-corrected chi connectivity index (χ1v) is 6.90. The zero-order valence-corrected chi connectivity index (χ0v) is 13.4. The molecule has 2 aromatic carbocycles. The highest BCUT2D eigenvalue weighted by molar-refractivity contribution is 6.35. The molecule has 6 heteroatoms. The summed E-state index contributed by atoms with van der Waals surface area (Å²) in [5.41, 5.74) is 7.26. The van der Waals surface area contributed by atoms with Gasteiger partial charge in [0.05, 0.1) is 17.2 Å². The second-order valence-corrected chi connectivity index (χ2v) is 5.45. The van der Waals surface area contributed by atoms with Crippen molar-refractivity contribution in [2.24, 2.45) is 5.73 Å². The van der Waals surface area contributed by atoms with E-state index in [1.165, 1.54) is 12.1 Å². The zero-order valence-electron chi connectivity index (χ0n) is 11.0. The minimum atomic E-state index is -0.859. The zero-order chi connectivity index (χ0) is 14.7. The fourth-order valence-electron chi connectivity index (χ4n) is 2.08. The number of nitrogens with two attached hydrogens (primary N) is 1. The topological polar surface area (TPSA) is 66.5 Å². The van der Waals surface area contributed by atoms with E-state index in [0.29, 0.717) is 17.0 Å². The molecule has 0 saturated heterocycles. The fourth-order valence-corrected chi connectivity index (χ4v) is 2.68. The molecule has 0 saturated carbocycles. The maximum absolute atomic E-state index is 10.2. The second kappa shape index (κ2) is 7.87. The number of aromatic hydroxyl groups is 1. The van der Waals surface area contributed by atoms with E-state index in [1.54, 1.807) is 0 Å². The Kier molecular flexibility index (Phi) is 6.78. The molecule has 0 aliphatic rings. The molecule has 0 amide bonds. The van der Waals surface area contributed by atoms with E-state index in [1.807, 2.05) is 30.3 Å². The van der Waals surface area contributed by atoms with Crippen LogP contribution < -0.4 is 5.73 Å². The molecule has 21 heavy (non-hydrogen) atoms. The normalized spacial score (nSPS) is 13.3. The molecular formula is C15H16Cl3NO2. The van der Waals surface area contributed by atoms with Gasteiger partial charge < -0.3 is 15.9 Å². The third kappa shape index (κ3) is 4.50. The van der Waals surface area contributed by atoms with Gasteiger partial charge in [-0.15, -0.1) is 12.4 Å². The third-order valence-electron chi connectivity index (χ3n) is 3.11. The number of phenols is 1. The molecule has 4 N–H and O–H groups in total. The molecule has 114 valence electrons. The van der Waals surface area contributed by atoms with E-state index in [0.717, 1.165) is 5.56 Å². The summed E-state index contributed by atoms with van der Waals surface area (Å²) in [4.78, 5) is 0. The predicted molar refractivity (Wildman–Crippen MR) is 88.5 cm³/mol. The smallest absolute Gasteiger partial charge is 0.123 e. The van der Waals surface area contributed by atoms with Gasteiger partial charge in [0, 0.05) is 17.0 Å². The van der Waals surface area contributed by atoms with Crippen molar-refractivity contribution in [1.82, 2.24) is 0 Å². The Labute approximate surface area is 139 Å². The summed E-state index contributed by atoms with van der Waals surface area (Å²) in [5, 5.41) is 20.7. The van der Waals surface area contributed by atoms with Gasteiger partial charge in [-0.2, -0.15) is 0 Å². The number of aliphatic hydroxyl groups is 1. The summed E-state index contributed by atoms with van der Waals surface area (Å²) in [6.45, 7) is 0. The van der Waals surface area contributed by atoms with Crippen LogP contribution in [0.25, 0.3) is 0 Å². The summed E-state index contributed by atoms with van der Waals surface area (Å²) in [7, 11) is 0. The molecule has 0 radical (unpaired) electrons. The molecule has 2 atom stereocenters. The maximum atomic E-state index is 10.2. The Morgan fingerprint density at radius 2 is 1.71 bits per heavy atom. The van der Waals surface area contributed by atoms with Gasteiger partial charge in [0.25, 0.3) is 0 Å². The minimum absolute atomic E-state index is 0. The number of aliphatic hydroxyl groups excluding tert-OH is 1. The first-order valence-electron chi connectivity index (χ1n) is 6.14. The molecule has 0 aliphatic carbocycles. The molecular weight excluding hydrogens is 333 g/mol. The highest BCUT2D eigenvalue weighted by Gasteiger charge is 2.23. The molecule has 0 aliphatic heterocycles. The number of hydrogen-bond donors (Lipinski definition) is 3. The highest BCUT2D eigenvalue weighted by Crippen LogP contribution is 2.35. The van der Waals surface area contributed by atoms with Gasteiger partial charge in [0.2, 0.25) is 0 Å². The lowest BCUT2D eigenvalue weighted by atomic mass is 9.96. The summed E-state index contributed by atoms with van der Waals surface area (Å²) >= 11 is 11.8. The quantitative estimate of drug-likeness (QED) is 0.789. The van der Waals surface area contributed by atoms with E-state index < -0.39 is 12.1 Å². The number of rotatable bonds is 4. The van der Waals surface area contributed by atoms with Gasteiger partial charge in [-0.3, -0.25) is 0 Å². The van der Waals surface area contributed by atoms with Crippen molar-refractivity contribution in [1.29, 1.82) is 0 Å². The average molecular weight is 349 g/mol. The Bertz CT molecular complexity index is 570. The van der Waals surface area contributed by atoms with Crippen LogP contribution in [0.15, 0.2) is 42.5 Å². The van der Waals surface area contributed by atoms with E-state index in [9.17, 15) is 10.2 Å². The van der Waals surface area contributed by atoms with Crippen LogP contribution in [0.3, 0.4) is 0 Å². The summed E-state index contributed by atoms with van der Waals surface area (Å²) in [6, 6.07) is 11.5. The van der Waals surface area contributed by atoms with Crippen molar-refractivity contribution in [2.45, 2.75) is 18.6 Å². The SMILES string of the molecule is Cl.N[C@@H](c1c(O)cc(Cl)cc1Cl)[C@H](O)Cc1ccccc1. The second-order valence-electron chi connectivity index (χ2n) is 4.60. The maximum Gasteiger partial charge on any atom is 0.123 e. The molecule has 0 fully saturated rings. The van der Waals surface area contributed by atoms with Gasteiger partial charge in [-0.25, -0.2) is 0 Å². The van der Waals surface area contributed by atoms with Crippen LogP contribution in [0.1, 0.15) is 17.2 Å². The molecule has 2 aromatic rings. The molecule has 0 unspecified atom stereocenters. The monoisotopic (exact) mass is 347 g/mol. The Hall–Kier alpha value is -0.970. The van der Waals surface area contributed by atoms with Gasteiger partial charge in [0.1, 0.15) is 5.75 Å². The third-order valence-corrected chi connectivity index (χ3v) is 3.64. The van der Waals surface area contributed by atoms with Crippen molar-refractivity contribution >= 4 is 35.6 Å². The summed E-state index contributed by atoms with van der Waals surface area (Å²) in [5.74, 6) is -0.109. The van der Waals surface area contributed by atoms with Crippen LogP contribution in [-0.4, -0.2) is 16.3 Å². The largest absolute Gasteiger partial charge is 0.507 e. The van der Waals surface area contributed by atoms with Crippen molar-refractivity contribution < 1.29 is 10.2 Å². The number of benzene rings is 2. The molecule has 2 rings (SSSR count). The van der Waals surface area contributed by atoms with Gasteiger partial charge in [-0.05, 0) is 17.7 Å². The van der Waals surface area contributed by atoms with Crippen molar-refractivity contribution in [3.8, 4) is 5.75 Å². The van der Waals surface area contributed by atoms with Crippen LogP contribution >= 0.6 is 35.6 Å². The number of hydrogen-bond acceptors (Lipinski definition) is 3. The summed E-state index contributed by atoms with van der Waals surface area (Å²) in [6.07, 6.45) is -0.484. The molecule has 0 heterocycles. The van der Waals surface area contributed by atoms with Crippen LogP contribution in [0, 0.1) is 0 Å².